The smallest absolute Gasteiger partial charge is 0.276 e. The Hall–Kier alpha value is -2.80. The first-order valence-corrected chi connectivity index (χ1v) is 7.83. The zero-order valence-corrected chi connectivity index (χ0v) is 13.9. The maximum absolute atomic E-state index is 12.9. The highest BCUT2D eigenvalue weighted by atomic mass is 79.9. The molecule has 1 heterocycles. The number of carbonyl (C=O) groups is 1. The van der Waals surface area contributed by atoms with E-state index >= 15 is 0 Å². The Kier molecular flexibility index (Phi) is 4.81. The second-order valence-corrected chi connectivity index (χ2v) is 5.72. The van der Waals surface area contributed by atoms with Crippen molar-refractivity contribution < 1.29 is 9.18 Å². The molecule has 0 saturated heterocycles. The van der Waals surface area contributed by atoms with E-state index in [1.807, 2.05) is 18.2 Å². The molecule has 120 valence electrons. The van der Waals surface area contributed by atoms with Gasteiger partial charge in [0.25, 0.3) is 5.91 Å². The predicted molar refractivity (Wildman–Crippen MR) is 93.8 cm³/mol. The van der Waals surface area contributed by atoms with E-state index in [4.69, 9.17) is 0 Å². The molecular formula is C17H12BrFN4O. The van der Waals surface area contributed by atoms with Gasteiger partial charge in [-0.3, -0.25) is 4.79 Å². The molecule has 2 N–H and O–H groups in total. The number of hydrogen-bond donors (Lipinski definition) is 2. The fourth-order valence-electron chi connectivity index (χ4n) is 1.95. The third-order valence-corrected chi connectivity index (χ3v) is 3.83. The van der Waals surface area contributed by atoms with Crippen LogP contribution in [-0.4, -0.2) is 16.1 Å². The Morgan fingerprint density at radius 1 is 0.958 bits per heavy atom. The summed E-state index contributed by atoms with van der Waals surface area (Å²) in [6.45, 7) is 0. The van der Waals surface area contributed by atoms with Crippen LogP contribution in [0.2, 0.25) is 0 Å². The fourth-order valence-corrected chi connectivity index (χ4v) is 2.33. The first-order chi connectivity index (χ1) is 11.6. The van der Waals surface area contributed by atoms with E-state index in [0.29, 0.717) is 17.2 Å². The van der Waals surface area contributed by atoms with Crippen molar-refractivity contribution in [3.63, 3.8) is 0 Å². The van der Waals surface area contributed by atoms with Gasteiger partial charge in [0.2, 0.25) is 0 Å². The van der Waals surface area contributed by atoms with Gasteiger partial charge < -0.3 is 10.6 Å². The number of para-hydroxylation sites is 1. The molecule has 0 radical (unpaired) electrons. The van der Waals surface area contributed by atoms with Gasteiger partial charge in [-0.1, -0.05) is 12.1 Å². The lowest BCUT2D eigenvalue weighted by Gasteiger charge is -2.07. The Morgan fingerprint density at radius 3 is 2.38 bits per heavy atom. The van der Waals surface area contributed by atoms with Gasteiger partial charge in [0.15, 0.2) is 11.5 Å². The van der Waals surface area contributed by atoms with Gasteiger partial charge in [-0.15, -0.1) is 10.2 Å². The topological polar surface area (TPSA) is 66.9 Å². The number of amides is 1. The molecule has 0 aliphatic heterocycles. The third kappa shape index (κ3) is 3.94. The second-order valence-electron chi connectivity index (χ2n) is 4.87. The third-order valence-electron chi connectivity index (χ3n) is 3.14. The minimum absolute atomic E-state index is 0.190. The summed E-state index contributed by atoms with van der Waals surface area (Å²) in [6, 6.07) is 16.3. The highest BCUT2D eigenvalue weighted by molar-refractivity contribution is 9.10. The van der Waals surface area contributed by atoms with Crippen molar-refractivity contribution in [2.24, 2.45) is 0 Å². The number of aromatic nitrogens is 2. The Labute approximate surface area is 146 Å². The molecular weight excluding hydrogens is 375 g/mol. The van der Waals surface area contributed by atoms with Crippen molar-refractivity contribution in [1.82, 2.24) is 10.2 Å². The summed E-state index contributed by atoms with van der Waals surface area (Å²) in [7, 11) is 0. The lowest BCUT2D eigenvalue weighted by atomic mass is 10.3. The maximum atomic E-state index is 12.9. The summed E-state index contributed by atoms with van der Waals surface area (Å²) in [5, 5.41) is 13.6. The van der Waals surface area contributed by atoms with Gasteiger partial charge >= 0.3 is 0 Å². The number of benzene rings is 2. The average Bonchev–Trinajstić information content (AvgIpc) is 2.59. The van der Waals surface area contributed by atoms with E-state index in [0.717, 1.165) is 4.47 Å². The summed E-state index contributed by atoms with van der Waals surface area (Å²) in [5.41, 5.74) is 1.52. The highest BCUT2D eigenvalue weighted by Gasteiger charge is 2.10. The second kappa shape index (κ2) is 7.18. The standard InChI is InChI=1S/C17H12BrFN4O/c18-13-3-1-2-4-14(13)21-17(24)15-9-10-16(23-22-15)20-12-7-5-11(19)6-8-12/h1-10H,(H,20,23)(H,21,24). The summed E-state index contributed by atoms with van der Waals surface area (Å²) in [6.07, 6.45) is 0. The van der Waals surface area contributed by atoms with Crippen LogP contribution in [0.15, 0.2) is 65.1 Å². The molecule has 1 amide bonds. The number of carbonyl (C=O) groups excluding carboxylic acids is 1. The summed E-state index contributed by atoms with van der Waals surface area (Å²) >= 11 is 3.36. The Balaban J connectivity index is 1.68. The first-order valence-electron chi connectivity index (χ1n) is 7.04. The summed E-state index contributed by atoms with van der Waals surface area (Å²) < 4.78 is 13.6. The van der Waals surface area contributed by atoms with Crippen LogP contribution in [0.5, 0.6) is 0 Å². The number of hydrogen-bond acceptors (Lipinski definition) is 4. The van der Waals surface area contributed by atoms with E-state index in [-0.39, 0.29) is 17.4 Å². The minimum atomic E-state index is -0.359. The van der Waals surface area contributed by atoms with Crippen molar-refractivity contribution in [2.75, 3.05) is 10.6 Å². The van der Waals surface area contributed by atoms with Crippen LogP contribution < -0.4 is 10.6 Å². The summed E-state index contributed by atoms with van der Waals surface area (Å²) in [5.74, 6) is -0.215. The van der Waals surface area contributed by atoms with Crippen molar-refractivity contribution in [2.45, 2.75) is 0 Å². The van der Waals surface area contributed by atoms with Gasteiger partial charge in [0.1, 0.15) is 5.82 Å². The van der Waals surface area contributed by atoms with E-state index in [1.54, 1.807) is 30.3 Å². The van der Waals surface area contributed by atoms with Crippen LogP contribution >= 0.6 is 15.9 Å². The zero-order chi connectivity index (χ0) is 16.9. The number of nitrogens with zero attached hydrogens (tertiary/aromatic N) is 2. The molecule has 0 aliphatic rings. The quantitative estimate of drug-likeness (QED) is 0.698. The SMILES string of the molecule is O=C(Nc1ccccc1Br)c1ccc(Nc2ccc(F)cc2)nn1. The molecule has 0 aliphatic carbocycles. The van der Waals surface area contributed by atoms with E-state index in [1.165, 1.54) is 12.1 Å². The van der Waals surface area contributed by atoms with Crippen LogP contribution in [0.25, 0.3) is 0 Å². The van der Waals surface area contributed by atoms with Gasteiger partial charge in [-0.25, -0.2) is 4.39 Å². The molecule has 0 spiro atoms. The normalized spacial score (nSPS) is 10.2. The van der Waals surface area contributed by atoms with Crippen LogP contribution in [-0.2, 0) is 0 Å². The molecule has 2 aromatic carbocycles. The van der Waals surface area contributed by atoms with Crippen LogP contribution in [0.3, 0.4) is 0 Å². The van der Waals surface area contributed by atoms with Crippen LogP contribution in [0.1, 0.15) is 10.5 Å². The molecule has 0 fully saturated rings. The molecule has 0 atom stereocenters. The lowest BCUT2D eigenvalue weighted by Crippen LogP contribution is -2.14. The number of rotatable bonds is 4. The average molecular weight is 387 g/mol. The number of anilines is 3. The largest absolute Gasteiger partial charge is 0.339 e. The fraction of sp³-hybridized carbons (Fsp3) is 0. The molecule has 5 nitrogen and oxygen atoms in total. The van der Waals surface area contributed by atoms with Crippen molar-refractivity contribution >= 4 is 39.0 Å². The first kappa shape index (κ1) is 16.1. The Bertz CT molecular complexity index is 853. The van der Waals surface area contributed by atoms with E-state index < -0.39 is 0 Å². The molecule has 0 unspecified atom stereocenters. The molecule has 3 aromatic rings. The lowest BCUT2D eigenvalue weighted by molar-refractivity contribution is 0.102. The molecule has 0 bridgehead atoms. The number of halogens is 2. The number of nitrogens with one attached hydrogen (secondary N) is 2. The molecule has 24 heavy (non-hydrogen) atoms. The monoisotopic (exact) mass is 386 g/mol. The van der Waals surface area contributed by atoms with Crippen molar-refractivity contribution in [3.05, 3.63) is 76.6 Å². The molecule has 3 rings (SSSR count). The predicted octanol–water partition coefficient (Wildman–Crippen LogP) is 4.37. The van der Waals surface area contributed by atoms with Crippen molar-refractivity contribution in [3.8, 4) is 0 Å². The molecule has 1 aromatic heterocycles. The van der Waals surface area contributed by atoms with Gasteiger partial charge in [0.05, 0.1) is 5.69 Å². The zero-order valence-electron chi connectivity index (χ0n) is 12.3. The van der Waals surface area contributed by atoms with Crippen LogP contribution in [0, 0.1) is 5.82 Å². The minimum Gasteiger partial charge on any atom is -0.339 e. The van der Waals surface area contributed by atoms with Gasteiger partial charge in [-0.2, -0.15) is 0 Å². The van der Waals surface area contributed by atoms with Crippen LogP contribution in [0.4, 0.5) is 21.6 Å². The van der Waals surface area contributed by atoms with Gasteiger partial charge in [-0.05, 0) is 64.5 Å². The molecule has 0 saturated carbocycles. The van der Waals surface area contributed by atoms with Gasteiger partial charge in [0, 0.05) is 10.2 Å². The van der Waals surface area contributed by atoms with Crippen molar-refractivity contribution in [1.29, 1.82) is 0 Å². The summed E-state index contributed by atoms with van der Waals surface area (Å²) in [4.78, 5) is 12.2. The highest BCUT2D eigenvalue weighted by Crippen LogP contribution is 2.21. The Morgan fingerprint density at radius 2 is 1.71 bits per heavy atom. The molecule has 7 heteroatoms. The maximum Gasteiger partial charge on any atom is 0.276 e. The van der Waals surface area contributed by atoms with E-state index in [9.17, 15) is 9.18 Å². The van der Waals surface area contributed by atoms with E-state index in [2.05, 4.69) is 36.8 Å².